The molecule has 2 bridgehead atoms. The van der Waals surface area contributed by atoms with Crippen LogP contribution in [0.2, 0.25) is 0 Å². The fourth-order valence-corrected chi connectivity index (χ4v) is 4.18. The Kier molecular flexibility index (Phi) is 5.02. The molecule has 0 saturated carbocycles. The molecule has 3 rings (SSSR count). The normalized spacial score (nSPS) is 28.6. The van der Waals surface area contributed by atoms with E-state index >= 15 is 0 Å². The van der Waals surface area contributed by atoms with E-state index in [1.807, 2.05) is 49.2 Å². The van der Waals surface area contributed by atoms with Crippen LogP contribution >= 0.6 is 0 Å². The van der Waals surface area contributed by atoms with Crippen molar-refractivity contribution in [2.45, 2.75) is 63.3 Å². The molecule has 23 heavy (non-hydrogen) atoms. The topological polar surface area (TPSA) is 43.8 Å². The maximum atomic E-state index is 12.7. The van der Waals surface area contributed by atoms with E-state index in [9.17, 15) is 9.90 Å². The van der Waals surface area contributed by atoms with E-state index in [4.69, 9.17) is 0 Å². The molecule has 0 aliphatic carbocycles. The van der Waals surface area contributed by atoms with Gasteiger partial charge in [0.1, 0.15) is 0 Å². The van der Waals surface area contributed by atoms with Gasteiger partial charge >= 0.3 is 0 Å². The van der Waals surface area contributed by atoms with Crippen molar-refractivity contribution in [3.05, 3.63) is 35.9 Å². The van der Waals surface area contributed by atoms with Crippen LogP contribution in [0.1, 0.15) is 49.4 Å². The highest BCUT2D eigenvalue weighted by Crippen LogP contribution is 2.37. The molecule has 2 saturated heterocycles. The van der Waals surface area contributed by atoms with E-state index < -0.39 is 0 Å². The fraction of sp³-hybridized carbons (Fsp3) is 0.632. The van der Waals surface area contributed by atoms with Gasteiger partial charge in [-0.3, -0.25) is 9.69 Å². The molecule has 0 aromatic heterocycles. The van der Waals surface area contributed by atoms with E-state index in [1.165, 1.54) is 12.8 Å². The Balaban J connectivity index is 1.64. The maximum absolute atomic E-state index is 12.7. The second kappa shape index (κ2) is 7.02. The smallest absolute Gasteiger partial charge is 0.253 e. The number of nitrogens with zero attached hydrogens (tertiary/aromatic N) is 2. The SMILES string of the molecule is CC[C@@H](O)CN1C2CCC1CC(N(C)C(=O)c1ccccc1)C2. The summed E-state index contributed by atoms with van der Waals surface area (Å²) in [6.07, 6.45) is 5.05. The van der Waals surface area contributed by atoms with Crippen LogP contribution in [-0.4, -0.2) is 58.6 Å². The Bertz CT molecular complexity index is 519. The Hall–Kier alpha value is -1.39. The Labute approximate surface area is 139 Å². The number of hydrogen-bond acceptors (Lipinski definition) is 3. The van der Waals surface area contributed by atoms with Crippen LogP contribution in [0.3, 0.4) is 0 Å². The lowest BCUT2D eigenvalue weighted by atomic mass is 9.95. The summed E-state index contributed by atoms with van der Waals surface area (Å²) >= 11 is 0. The second-order valence-corrected chi connectivity index (χ2v) is 7.05. The van der Waals surface area contributed by atoms with Gasteiger partial charge < -0.3 is 10.0 Å². The Morgan fingerprint density at radius 3 is 2.43 bits per heavy atom. The van der Waals surface area contributed by atoms with Crippen LogP contribution < -0.4 is 0 Å². The second-order valence-electron chi connectivity index (χ2n) is 7.05. The molecule has 2 fully saturated rings. The van der Waals surface area contributed by atoms with Gasteiger partial charge in [0.2, 0.25) is 0 Å². The number of piperidine rings is 1. The first-order chi connectivity index (χ1) is 11.1. The number of amides is 1. The number of rotatable bonds is 5. The summed E-state index contributed by atoms with van der Waals surface area (Å²) in [7, 11) is 1.94. The predicted molar refractivity (Wildman–Crippen MR) is 91.4 cm³/mol. The minimum Gasteiger partial charge on any atom is -0.392 e. The molecule has 1 amide bonds. The minimum atomic E-state index is -0.224. The summed E-state index contributed by atoms with van der Waals surface area (Å²) in [6.45, 7) is 2.82. The lowest BCUT2D eigenvalue weighted by Gasteiger charge is -2.42. The highest BCUT2D eigenvalue weighted by molar-refractivity contribution is 5.94. The molecule has 1 aromatic rings. The number of hydrogen-bond donors (Lipinski definition) is 1. The van der Waals surface area contributed by atoms with Crippen molar-refractivity contribution in [3.8, 4) is 0 Å². The number of fused-ring (bicyclic) bond motifs is 2. The quantitative estimate of drug-likeness (QED) is 0.908. The molecule has 126 valence electrons. The van der Waals surface area contributed by atoms with Crippen molar-refractivity contribution in [2.24, 2.45) is 0 Å². The largest absolute Gasteiger partial charge is 0.392 e. The third-order valence-corrected chi connectivity index (χ3v) is 5.64. The van der Waals surface area contributed by atoms with Crippen LogP contribution in [0.4, 0.5) is 0 Å². The zero-order chi connectivity index (χ0) is 16.4. The molecule has 0 spiro atoms. The first kappa shape index (κ1) is 16.5. The standard InChI is InChI=1S/C19H28N2O2/c1-3-18(22)13-21-15-9-10-16(21)12-17(11-15)20(2)19(23)14-7-5-4-6-8-14/h4-8,15-18,22H,3,9-13H2,1-2H3/t15?,16?,17?,18-/m1/s1. The molecular weight excluding hydrogens is 288 g/mol. The lowest BCUT2D eigenvalue weighted by molar-refractivity contribution is 0.0272. The molecule has 2 unspecified atom stereocenters. The van der Waals surface area contributed by atoms with Gasteiger partial charge in [0.05, 0.1) is 6.10 Å². The average Bonchev–Trinajstić information content (AvgIpc) is 2.82. The number of benzene rings is 1. The zero-order valence-electron chi connectivity index (χ0n) is 14.2. The predicted octanol–water partition coefficient (Wildman–Crippen LogP) is 2.52. The average molecular weight is 316 g/mol. The van der Waals surface area contributed by atoms with E-state index in [-0.39, 0.29) is 12.0 Å². The van der Waals surface area contributed by atoms with Crippen molar-refractivity contribution in [1.82, 2.24) is 9.80 Å². The summed E-state index contributed by atoms with van der Waals surface area (Å²) in [5.41, 5.74) is 0.770. The van der Waals surface area contributed by atoms with E-state index in [0.717, 1.165) is 31.4 Å². The summed E-state index contributed by atoms with van der Waals surface area (Å²) in [5, 5.41) is 9.98. The van der Waals surface area contributed by atoms with Gasteiger partial charge in [0.15, 0.2) is 0 Å². The highest BCUT2D eigenvalue weighted by atomic mass is 16.3. The molecular formula is C19H28N2O2. The number of aliphatic hydroxyl groups is 1. The molecule has 1 aromatic carbocycles. The first-order valence-corrected chi connectivity index (χ1v) is 8.86. The molecule has 4 heteroatoms. The van der Waals surface area contributed by atoms with Gasteiger partial charge in [-0.05, 0) is 44.2 Å². The van der Waals surface area contributed by atoms with Crippen molar-refractivity contribution < 1.29 is 9.90 Å². The van der Waals surface area contributed by atoms with Gasteiger partial charge in [-0.1, -0.05) is 25.1 Å². The molecule has 2 aliphatic heterocycles. The van der Waals surface area contributed by atoms with E-state index in [2.05, 4.69) is 4.90 Å². The van der Waals surface area contributed by atoms with Crippen molar-refractivity contribution in [1.29, 1.82) is 0 Å². The molecule has 2 heterocycles. The van der Waals surface area contributed by atoms with Crippen LogP contribution in [0.15, 0.2) is 30.3 Å². The van der Waals surface area contributed by atoms with Gasteiger partial charge in [-0.25, -0.2) is 0 Å². The van der Waals surface area contributed by atoms with Crippen LogP contribution in [0.25, 0.3) is 0 Å². The number of aliphatic hydroxyl groups excluding tert-OH is 1. The van der Waals surface area contributed by atoms with Crippen LogP contribution in [0, 0.1) is 0 Å². The van der Waals surface area contributed by atoms with Crippen LogP contribution in [-0.2, 0) is 0 Å². The van der Waals surface area contributed by atoms with Crippen molar-refractivity contribution in [2.75, 3.05) is 13.6 Å². The molecule has 4 nitrogen and oxygen atoms in total. The monoisotopic (exact) mass is 316 g/mol. The summed E-state index contributed by atoms with van der Waals surface area (Å²) < 4.78 is 0. The number of carbonyl (C=O) groups is 1. The first-order valence-electron chi connectivity index (χ1n) is 8.86. The van der Waals surface area contributed by atoms with E-state index in [0.29, 0.717) is 18.1 Å². The molecule has 2 aliphatic rings. The van der Waals surface area contributed by atoms with Crippen molar-refractivity contribution in [3.63, 3.8) is 0 Å². The van der Waals surface area contributed by atoms with Gasteiger partial charge in [0, 0.05) is 37.3 Å². The Morgan fingerprint density at radius 2 is 1.87 bits per heavy atom. The van der Waals surface area contributed by atoms with Gasteiger partial charge in [0.25, 0.3) is 5.91 Å². The zero-order valence-corrected chi connectivity index (χ0v) is 14.2. The Morgan fingerprint density at radius 1 is 1.26 bits per heavy atom. The molecule has 1 N–H and O–H groups in total. The summed E-state index contributed by atoms with van der Waals surface area (Å²) in [6, 6.07) is 10.9. The lowest BCUT2D eigenvalue weighted by Crippen LogP contribution is -2.52. The van der Waals surface area contributed by atoms with Crippen molar-refractivity contribution >= 4 is 5.91 Å². The maximum Gasteiger partial charge on any atom is 0.253 e. The number of carbonyl (C=O) groups excluding carboxylic acids is 1. The molecule has 3 atom stereocenters. The minimum absolute atomic E-state index is 0.122. The van der Waals surface area contributed by atoms with Gasteiger partial charge in [-0.15, -0.1) is 0 Å². The highest BCUT2D eigenvalue weighted by Gasteiger charge is 2.42. The van der Waals surface area contributed by atoms with Gasteiger partial charge in [-0.2, -0.15) is 0 Å². The molecule has 0 radical (unpaired) electrons. The fourth-order valence-electron chi connectivity index (χ4n) is 4.18. The summed E-state index contributed by atoms with van der Waals surface area (Å²) in [4.78, 5) is 17.1. The third-order valence-electron chi connectivity index (χ3n) is 5.64. The van der Waals surface area contributed by atoms with E-state index in [1.54, 1.807) is 0 Å². The third kappa shape index (κ3) is 3.43. The summed E-state index contributed by atoms with van der Waals surface area (Å²) in [5.74, 6) is 0.122. The van der Waals surface area contributed by atoms with Crippen LogP contribution in [0.5, 0.6) is 0 Å².